The summed E-state index contributed by atoms with van der Waals surface area (Å²) in [5.74, 6) is 1.09. The summed E-state index contributed by atoms with van der Waals surface area (Å²) in [5.41, 5.74) is 1.32. The molecule has 0 radical (unpaired) electrons. The van der Waals surface area contributed by atoms with Crippen molar-refractivity contribution in [3.8, 4) is 0 Å². The third kappa shape index (κ3) is 4.15. The van der Waals surface area contributed by atoms with Gasteiger partial charge in [0.15, 0.2) is 0 Å². The van der Waals surface area contributed by atoms with Gasteiger partial charge in [-0.25, -0.2) is 9.97 Å². The van der Waals surface area contributed by atoms with Crippen molar-refractivity contribution in [2.24, 2.45) is 0 Å². The van der Waals surface area contributed by atoms with Crippen LogP contribution in [0, 0.1) is 6.92 Å². The highest BCUT2D eigenvalue weighted by atomic mass is 16.2. The van der Waals surface area contributed by atoms with E-state index in [-0.39, 0.29) is 11.8 Å². The number of hydrogen-bond donors (Lipinski definition) is 0. The Balaban J connectivity index is 1.73. The molecule has 0 spiro atoms. The van der Waals surface area contributed by atoms with E-state index in [1.54, 1.807) is 22.8 Å². The number of hydrogen-bond acceptors (Lipinski definition) is 5. The van der Waals surface area contributed by atoms with Gasteiger partial charge in [-0.05, 0) is 39.4 Å². The van der Waals surface area contributed by atoms with E-state index in [4.69, 9.17) is 0 Å². The molecular weight excluding hydrogens is 318 g/mol. The molecule has 0 bridgehead atoms. The van der Waals surface area contributed by atoms with E-state index in [0.717, 1.165) is 37.4 Å². The molecule has 2 fully saturated rings. The number of nitrogens with zero attached hydrogens (tertiary/aromatic N) is 5. The zero-order chi connectivity index (χ0) is 18.0. The van der Waals surface area contributed by atoms with Crippen molar-refractivity contribution in [1.82, 2.24) is 24.7 Å². The summed E-state index contributed by atoms with van der Waals surface area (Å²) < 4.78 is 0. The fourth-order valence-electron chi connectivity index (χ4n) is 3.65. The van der Waals surface area contributed by atoms with Gasteiger partial charge in [0.05, 0.1) is 0 Å². The van der Waals surface area contributed by atoms with Crippen LogP contribution in [-0.4, -0.2) is 82.8 Å². The van der Waals surface area contributed by atoms with E-state index >= 15 is 0 Å². The Hall–Kier alpha value is -2.02. The number of aryl methyl sites for hydroxylation is 1. The second-order valence-corrected chi connectivity index (χ2v) is 7.15. The van der Waals surface area contributed by atoms with Gasteiger partial charge in [-0.1, -0.05) is 0 Å². The molecule has 7 heteroatoms. The topological polar surface area (TPSA) is 69.6 Å². The Kier molecular flexibility index (Phi) is 5.32. The fourth-order valence-corrected chi connectivity index (χ4v) is 3.65. The number of piperazine rings is 1. The first-order valence-electron chi connectivity index (χ1n) is 9.03. The van der Waals surface area contributed by atoms with Gasteiger partial charge in [0, 0.05) is 51.3 Å². The Morgan fingerprint density at radius 2 is 1.76 bits per heavy atom. The highest BCUT2D eigenvalue weighted by molar-refractivity contribution is 5.92. The van der Waals surface area contributed by atoms with Crippen LogP contribution < -0.4 is 0 Å². The molecule has 2 amide bonds. The minimum Gasteiger partial charge on any atom is -0.339 e. The quantitative estimate of drug-likeness (QED) is 0.796. The molecule has 2 aliphatic heterocycles. The lowest BCUT2D eigenvalue weighted by atomic mass is 9.97. The number of likely N-dealkylation sites (tertiary alicyclic amines) is 1. The highest BCUT2D eigenvalue weighted by Crippen LogP contribution is 2.24. The van der Waals surface area contributed by atoms with Gasteiger partial charge in [0.2, 0.25) is 5.91 Å². The van der Waals surface area contributed by atoms with Crippen molar-refractivity contribution in [3.63, 3.8) is 0 Å². The lowest BCUT2D eigenvalue weighted by Gasteiger charge is -2.34. The first-order valence-corrected chi connectivity index (χ1v) is 9.03. The highest BCUT2D eigenvalue weighted by Gasteiger charge is 2.27. The fraction of sp³-hybridized carbons (Fsp3) is 0.667. The van der Waals surface area contributed by atoms with Crippen LogP contribution in [0.1, 0.15) is 47.7 Å². The summed E-state index contributed by atoms with van der Waals surface area (Å²) >= 11 is 0. The van der Waals surface area contributed by atoms with Crippen molar-refractivity contribution < 1.29 is 9.59 Å². The van der Waals surface area contributed by atoms with Crippen LogP contribution in [0.5, 0.6) is 0 Å². The van der Waals surface area contributed by atoms with Crippen LogP contribution in [-0.2, 0) is 4.79 Å². The second kappa shape index (κ2) is 7.47. The average Bonchev–Trinajstić information content (AvgIpc) is 2.60. The normalized spacial score (nSPS) is 22.1. The van der Waals surface area contributed by atoms with Gasteiger partial charge in [0.25, 0.3) is 5.91 Å². The third-order valence-electron chi connectivity index (χ3n) is 5.09. The molecule has 7 nitrogen and oxygen atoms in total. The lowest BCUT2D eigenvalue weighted by molar-refractivity contribution is -0.130. The van der Waals surface area contributed by atoms with Gasteiger partial charge in [-0.3, -0.25) is 9.59 Å². The predicted octanol–water partition coefficient (Wildman–Crippen LogP) is 0.899. The zero-order valence-electron chi connectivity index (χ0n) is 15.4. The van der Waals surface area contributed by atoms with E-state index in [2.05, 4.69) is 21.9 Å². The van der Waals surface area contributed by atoms with Gasteiger partial charge < -0.3 is 14.7 Å². The number of rotatable bonds is 2. The molecule has 1 unspecified atom stereocenters. The largest absolute Gasteiger partial charge is 0.339 e. The number of carbonyl (C=O) groups is 2. The molecule has 0 aromatic carbocycles. The second-order valence-electron chi connectivity index (χ2n) is 7.15. The third-order valence-corrected chi connectivity index (χ3v) is 5.09. The monoisotopic (exact) mass is 345 g/mol. The summed E-state index contributed by atoms with van der Waals surface area (Å²) in [4.78, 5) is 39.3. The van der Waals surface area contributed by atoms with E-state index < -0.39 is 0 Å². The van der Waals surface area contributed by atoms with Crippen LogP contribution in [0.15, 0.2) is 6.07 Å². The van der Waals surface area contributed by atoms with E-state index in [1.807, 2.05) is 6.92 Å². The SMILES string of the molecule is CC(=O)N1CCN(C(=O)c2cc(C)nc(C3CCCN(C)C3)n2)CC1. The van der Waals surface area contributed by atoms with E-state index in [9.17, 15) is 9.59 Å². The Bertz CT molecular complexity index is 655. The molecule has 0 aliphatic carbocycles. The van der Waals surface area contributed by atoms with Crippen molar-refractivity contribution in [3.05, 3.63) is 23.3 Å². The van der Waals surface area contributed by atoms with Crippen LogP contribution in [0.25, 0.3) is 0 Å². The summed E-state index contributed by atoms with van der Waals surface area (Å²) in [6, 6.07) is 1.77. The minimum atomic E-state index is -0.0564. The van der Waals surface area contributed by atoms with E-state index in [1.165, 1.54) is 0 Å². The smallest absolute Gasteiger partial charge is 0.272 e. The molecule has 1 atom stereocenters. The number of aromatic nitrogens is 2. The minimum absolute atomic E-state index is 0.0564. The summed E-state index contributed by atoms with van der Waals surface area (Å²) in [5, 5.41) is 0. The van der Waals surface area contributed by atoms with Crippen LogP contribution in [0.2, 0.25) is 0 Å². The van der Waals surface area contributed by atoms with Crippen molar-refractivity contribution >= 4 is 11.8 Å². The molecule has 0 saturated carbocycles. The molecule has 3 rings (SSSR count). The first kappa shape index (κ1) is 17.8. The van der Waals surface area contributed by atoms with E-state index in [0.29, 0.717) is 37.8 Å². The predicted molar refractivity (Wildman–Crippen MR) is 94.4 cm³/mol. The number of likely N-dealkylation sites (N-methyl/N-ethyl adjacent to an activating group) is 1. The summed E-state index contributed by atoms with van der Waals surface area (Å²) in [7, 11) is 2.11. The van der Waals surface area contributed by atoms with Crippen molar-refractivity contribution in [2.45, 2.75) is 32.6 Å². The van der Waals surface area contributed by atoms with Gasteiger partial charge in [0.1, 0.15) is 11.5 Å². The molecular formula is C18H27N5O2. The molecule has 2 aliphatic rings. The summed E-state index contributed by atoms with van der Waals surface area (Å²) in [6.45, 7) is 7.83. The van der Waals surface area contributed by atoms with Crippen molar-refractivity contribution in [2.75, 3.05) is 46.3 Å². The Morgan fingerprint density at radius 3 is 2.40 bits per heavy atom. The number of piperidine rings is 1. The number of amides is 2. The number of carbonyl (C=O) groups excluding carboxylic acids is 2. The molecule has 1 aromatic rings. The van der Waals surface area contributed by atoms with Crippen LogP contribution in [0.4, 0.5) is 0 Å². The van der Waals surface area contributed by atoms with Crippen molar-refractivity contribution in [1.29, 1.82) is 0 Å². The van der Waals surface area contributed by atoms with Gasteiger partial charge in [-0.15, -0.1) is 0 Å². The molecule has 1 aromatic heterocycles. The van der Waals surface area contributed by atoms with Crippen LogP contribution in [0.3, 0.4) is 0 Å². The average molecular weight is 345 g/mol. The van der Waals surface area contributed by atoms with Gasteiger partial charge in [-0.2, -0.15) is 0 Å². The lowest BCUT2D eigenvalue weighted by Crippen LogP contribution is -2.50. The molecule has 0 N–H and O–H groups in total. The summed E-state index contributed by atoms with van der Waals surface area (Å²) in [6.07, 6.45) is 2.20. The standard InChI is InChI=1S/C18H27N5O2/c1-13-11-16(18(25)23-9-7-22(8-10-23)14(2)24)20-17(19-13)15-5-4-6-21(3)12-15/h11,15H,4-10,12H2,1-3H3. The molecule has 2 saturated heterocycles. The molecule has 3 heterocycles. The Morgan fingerprint density at radius 1 is 1.08 bits per heavy atom. The molecule has 25 heavy (non-hydrogen) atoms. The van der Waals surface area contributed by atoms with Crippen LogP contribution >= 0.6 is 0 Å². The maximum Gasteiger partial charge on any atom is 0.272 e. The maximum atomic E-state index is 12.8. The Labute approximate surface area is 149 Å². The molecule has 136 valence electrons. The first-order chi connectivity index (χ1) is 11.9. The maximum absolute atomic E-state index is 12.8. The van der Waals surface area contributed by atoms with Gasteiger partial charge >= 0.3 is 0 Å². The zero-order valence-corrected chi connectivity index (χ0v) is 15.4.